The molecule has 0 aliphatic heterocycles. The fraction of sp³-hybridized carbons (Fsp3) is 0.174. The van der Waals surface area contributed by atoms with Crippen molar-refractivity contribution < 1.29 is 13.9 Å². The van der Waals surface area contributed by atoms with Crippen molar-refractivity contribution in [1.29, 1.82) is 0 Å². The third kappa shape index (κ3) is 4.52. The van der Waals surface area contributed by atoms with Gasteiger partial charge in [-0.1, -0.05) is 23.9 Å². The van der Waals surface area contributed by atoms with Crippen molar-refractivity contribution in [3.63, 3.8) is 0 Å². The van der Waals surface area contributed by atoms with Gasteiger partial charge in [0.25, 0.3) is 5.56 Å². The molecule has 4 rings (SSSR count). The van der Waals surface area contributed by atoms with E-state index in [0.717, 1.165) is 17.5 Å². The van der Waals surface area contributed by atoms with Gasteiger partial charge in [-0.2, -0.15) is 0 Å². The van der Waals surface area contributed by atoms with E-state index in [2.05, 4.69) is 15.3 Å². The van der Waals surface area contributed by atoms with Gasteiger partial charge in [-0.25, -0.2) is 9.37 Å². The lowest BCUT2D eigenvalue weighted by atomic mass is 10.3. The fourth-order valence-corrected chi connectivity index (χ4v) is 4.07. The number of hydrogen-bond donors (Lipinski definition) is 2. The molecule has 2 N–H and O–H groups in total. The fourth-order valence-electron chi connectivity index (χ4n) is 3.26. The molecule has 0 spiro atoms. The van der Waals surface area contributed by atoms with Gasteiger partial charge in [0.05, 0.1) is 29.3 Å². The second-order valence-electron chi connectivity index (χ2n) is 6.99. The number of anilines is 1. The van der Waals surface area contributed by atoms with Crippen LogP contribution in [0.5, 0.6) is 5.75 Å². The van der Waals surface area contributed by atoms with Gasteiger partial charge in [0, 0.05) is 5.69 Å². The first-order valence-electron chi connectivity index (χ1n) is 9.99. The lowest BCUT2D eigenvalue weighted by Gasteiger charge is -2.13. The summed E-state index contributed by atoms with van der Waals surface area (Å²) in [6.45, 7) is 4.18. The van der Waals surface area contributed by atoms with Crippen LogP contribution in [-0.4, -0.2) is 32.8 Å². The third-order valence-corrected chi connectivity index (χ3v) is 5.57. The van der Waals surface area contributed by atoms with Gasteiger partial charge in [-0.3, -0.25) is 14.2 Å². The minimum atomic E-state index is -0.409. The van der Waals surface area contributed by atoms with Crippen molar-refractivity contribution in [3.05, 3.63) is 76.5 Å². The van der Waals surface area contributed by atoms with Crippen LogP contribution in [0, 0.1) is 12.7 Å². The number of H-pyrrole nitrogens is 1. The standard InChI is InChI=1S/C23H21FN4O3S/c1-3-31-19-7-5-4-6-17(19)26-20(29)13-32-23-27-18-12-14(2)25-21(18)22(30)28(23)16-10-8-15(24)9-11-16/h4-12,25H,3,13H2,1-2H3,(H,26,29). The zero-order valence-corrected chi connectivity index (χ0v) is 18.3. The van der Waals surface area contributed by atoms with Crippen LogP contribution in [0.15, 0.2) is 64.5 Å². The first-order valence-corrected chi connectivity index (χ1v) is 11.0. The molecule has 4 aromatic rings. The summed E-state index contributed by atoms with van der Waals surface area (Å²) in [5.74, 6) is -0.0809. The van der Waals surface area contributed by atoms with Gasteiger partial charge in [-0.05, 0) is 56.3 Å². The molecule has 1 amide bonds. The average Bonchev–Trinajstić information content (AvgIpc) is 3.15. The average molecular weight is 453 g/mol. The van der Waals surface area contributed by atoms with E-state index in [1.165, 1.54) is 28.8 Å². The molecule has 0 bridgehead atoms. The van der Waals surface area contributed by atoms with Crippen LogP contribution in [0.3, 0.4) is 0 Å². The van der Waals surface area contributed by atoms with E-state index in [4.69, 9.17) is 4.74 Å². The number of halogens is 1. The van der Waals surface area contributed by atoms with Gasteiger partial charge in [0.1, 0.15) is 17.1 Å². The molecule has 0 atom stereocenters. The number of amides is 1. The molecule has 0 saturated carbocycles. The van der Waals surface area contributed by atoms with Crippen LogP contribution in [0.4, 0.5) is 10.1 Å². The zero-order chi connectivity index (χ0) is 22.7. The number of aromatic nitrogens is 3. The zero-order valence-electron chi connectivity index (χ0n) is 17.5. The Morgan fingerprint density at radius 3 is 2.72 bits per heavy atom. The summed E-state index contributed by atoms with van der Waals surface area (Å²) in [5, 5.41) is 3.17. The molecular weight excluding hydrogens is 431 g/mol. The van der Waals surface area contributed by atoms with Crippen molar-refractivity contribution in [2.75, 3.05) is 17.7 Å². The Bertz CT molecular complexity index is 1330. The van der Waals surface area contributed by atoms with E-state index in [1.54, 1.807) is 24.3 Å². The molecule has 32 heavy (non-hydrogen) atoms. The number of aromatic amines is 1. The molecule has 0 unspecified atom stereocenters. The predicted molar refractivity (Wildman–Crippen MR) is 123 cm³/mol. The smallest absolute Gasteiger partial charge is 0.283 e. The van der Waals surface area contributed by atoms with Crippen molar-refractivity contribution in [3.8, 4) is 11.4 Å². The molecule has 0 fully saturated rings. The van der Waals surface area contributed by atoms with Crippen LogP contribution in [-0.2, 0) is 4.79 Å². The number of aryl methyl sites for hydroxylation is 1. The van der Waals surface area contributed by atoms with Crippen LogP contribution in [0.25, 0.3) is 16.7 Å². The summed E-state index contributed by atoms with van der Waals surface area (Å²) in [4.78, 5) is 33.4. The summed E-state index contributed by atoms with van der Waals surface area (Å²) >= 11 is 1.12. The quantitative estimate of drug-likeness (QED) is 0.323. The van der Waals surface area contributed by atoms with Crippen LogP contribution < -0.4 is 15.6 Å². The number of benzene rings is 2. The molecule has 0 radical (unpaired) electrons. The molecule has 7 nitrogen and oxygen atoms in total. The lowest BCUT2D eigenvalue weighted by Crippen LogP contribution is -2.23. The number of thioether (sulfide) groups is 1. The maximum Gasteiger partial charge on any atom is 0.283 e. The summed E-state index contributed by atoms with van der Waals surface area (Å²) in [6.07, 6.45) is 0. The molecule has 0 aliphatic rings. The van der Waals surface area contributed by atoms with E-state index < -0.39 is 5.82 Å². The third-order valence-electron chi connectivity index (χ3n) is 4.63. The molecule has 2 aromatic carbocycles. The molecule has 0 saturated heterocycles. The van der Waals surface area contributed by atoms with Crippen molar-refractivity contribution in [2.45, 2.75) is 19.0 Å². The summed E-state index contributed by atoms with van der Waals surface area (Å²) in [7, 11) is 0. The van der Waals surface area contributed by atoms with Gasteiger partial charge in [0.2, 0.25) is 5.91 Å². The Kier molecular flexibility index (Phi) is 6.27. The number of nitrogens with zero attached hydrogens (tertiary/aromatic N) is 2. The molecule has 2 heterocycles. The largest absolute Gasteiger partial charge is 0.492 e. The monoisotopic (exact) mass is 452 g/mol. The molecule has 2 aromatic heterocycles. The maximum absolute atomic E-state index is 13.4. The number of hydrogen-bond acceptors (Lipinski definition) is 5. The molecule has 9 heteroatoms. The van der Waals surface area contributed by atoms with Gasteiger partial charge < -0.3 is 15.0 Å². The highest BCUT2D eigenvalue weighted by Gasteiger charge is 2.17. The van der Waals surface area contributed by atoms with E-state index in [-0.39, 0.29) is 17.2 Å². The lowest BCUT2D eigenvalue weighted by molar-refractivity contribution is -0.113. The normalized spacial score (nSPS) is 11.0. The van der Waals surface area contributed by atoms with Crippen LogP contribution in [0.1, 0.15) is 12.6 Å². The number of nitrogens with one attached hydrogen (secondary N) is 2. The Hall–Kier alpha value is -3.59. The number of carbonyl (C=O) groups is 1. The highest BCUT2D eigenvalue weighted by Crippen LogP contribution is 2.25. The Labute approximate surface area is 187 Å². The van der Waals surface area contributed by atoms with Gasteiger partial charge in [-0.15, -0.1) is 0 Å². The highest BCUT2D eigenvalue weighted by molar-refractivity contribution is 7.99. The summed E-state index contributed by atoms with van der Waals surface area (Å²) in [5.41, 5.74) is 2.37. The van der Waals surface area contributed by atoms with Crippen LogP contribution in [0.2, 0.25) is 0 Å². The minimum Gasteiger partial charge on any atom is -0.492 e. The highest BCUT2D eigenvalue weighted by atomic mass is 32.2. The Morgan fingerprint density at radius 2 is 1.97 bits per heavy atom. The second kappa shape index (κ2) is 9.27. The van der Waals surface area contributed by atoms with E-state index in [0.29, 0.717) is 39.9 Å². The van der Waals surface area contributed by atoms with E-state index >= 15 is 0 Å². The number of ether oxygens (including phenoxy) is 1. The van der Waals surface area contributed by atoms with Gasteiger partial charge >= 0.3 is 0 Å². The Balaban J connectivity index is 1.64. The van der Waals surface area contributed by atoms with Crippen molar-refractivity contribution >= 4 is 34.4 Å². The van der Waals surface area contributed by atoms with Gasteiger partial charge in [0.15, 0.2) is 5.16 Å². The van der Waals surface area contributed by atoms with E-state index in [9.17, 15) is 14.0 Å². The number of para-hydroxylation sites is 2. The SMILES string of the molecule is CCOc1ccccc1NC(=O)CSc1nc2cc(C)[nH]c2c(=O)n1-c1ccc(F)cc1. The minimum absolute atomic E-state index is 0.0169. The predicted octanol–water partition coefficient (Wildman–Crippen LogP) is 4.29. The molecular formula is C23H21FN4O3S. The van der Waals surface area contributed by atoms with Crippen LogP contribution >= 0.6 is 11.8 Å². The molecule has 164 valence electrons. The number of carbonyl (C=O) groups excluding carboxylic acids is 1. The Morgan fingerprint density at radius 1 is 1.22 bits per heavy atom. The maximum atomic E-state index is 13.4. The van der Waals surface area contributed by atoms with E-state index in [1.807, 2.05) is 19.9 Å². The summed E-state index contributed by atoms with van der Waals surface area (Å²) < 4.78 is 20.3. The topological polar surface area (TPSA) is 89.0 Å². The first-order chi connectivity index (χ1) is 15.5. The number of fused-ring (bicyclic) bond motifs is 1. The summed E-state index contributed by atoms with van der Waals surface area (Å²) in [6, 6.07) is 14.5. The second-order valence-corrected chi connectivity index (χ2v) is 7.93. The molecule has 0 aliphatic carbocycles. The first kappa shape index (κ1) is 21.6. The van der Waals surface area contributed by atoms with Crippen molar-refractivity contribution in [1.82, 2.24) is 14.5 Å². The number of rotatable bonds is 7. The van der Waals surface area contributed by atoms with Crippen molar-refractivity contribution in [2.24, 2.45) is 0 Å².